The lowest BCUT2D eigenvalue weighted by molar-refractivity contribution is -0.134. The average Bonchev–Trinajstić information content (AvgIpc) is 3.28. The second-order valence-electron chi connectivity index (χ2n) is 7.78. The predicted octanol–water partition coefficient (Wildman–Crippen LogP) is 2.73. The third-order valence-electron chi connectivity index (χ3n) is 5.61. The summed E-state index contributed by atoms with van der Waals surface area (Å²) in [5, 5.41) is 7.13. The summed E-state index contributed by atoms with van der Waals surface area (Å²) in [5.41, 5.74) is 1.16. The Morgan fingerprint density at radius 2 is 2.06 bits per heavy atom. The van der Waals surface area contributed by atoms with Gasteiger partial charge in [-0.15, -0.1) is 0 Å². The van der Waals surface area contributed by atoms with E-state index in [4.69, 9.17) is 4.52 Å². The number of likely N-dealkylation sites (tertiary alicyclic amines) is 1. The fraction of sp³-hybridized carbons (Fsp3) is 0.348. The topological polar surface area (TPSA) is 101 Å². The van der Waals surface area contributed by atoms with Gasteiger partial charge in [0.1, 0.15) is 17.1 Å². The molecule has 0 aliphatic carbocycles. The first-order chi connectivity index (χ1) is 15.1. The van der Waals surface area contributed by atoms with Gasteiger partial charge in [0.25, 0.3) is 5.91 Å². The molecular formula is C23H25N5O3. The SMILES string of the molecule is CCNC(=O)C1(Cc2cc(-c3ccccc3)no2)CCCN(C(=O)c2cnccn2)C1. The minimum Gasteiger partial charge on any atom is -0.361 e. The molecule has 8 nitrogen and oxygen atoms in total. The van der Waals surface area contributed by atoms with Gasteiger partial charge in [-0.25, -0.2) is 4.98 Å². The van der Waals surface area contributed by atoms with Crippen LogP contribution in [0.5, 0.6) is 0 Å². The van der Waals surface area contributed by atoms with Gasteiger partial charge in [-0.05, 0) is 19.8 Å². The molecule has 1 aromatic carbocycles. The zero-order chi connectivity index (χ0) is 21.7. The number of carbonyl (C=O) groups excluding carboxylic acids is 2. The van der Waals surface area contributed by atoms with Crippen LogP contribution in [0.2, 0.25) is 0 Å². The van der Waals surface area contributed by atoms with Crippen LogP contribution in [0.3, 0.4) is 0 Å². The number of carbonyl (C=O) groups is 2. The quantitative estimate of drug-likeness (QED) is 0.659. The van der Waals surface area contributed by atoms with Crippen molar-refractivity contribution in [1.82, 2.24) is 25.3 Å². The summed E-state index contributed by atoms with van der Waals surface area (Å²) in [6.07, 6.45) is 6.21. The van der Waals surface area contributed by atoms with Crippen LogP contribution in [-0.4, -0.2) is 51.5 Å². The number of hydrogen-bond acceptors (Lipinski definition) is 6. The molecule has 1 saturated heterocycles. The van der Waals surface area contributed by atoms with Crippen LogP contribution in [0.15, 0.2) is 59.5 Å². The van der Waals surface area contributed by atoms with Gasteiger partial charge in [-0.2, -0.15) is 0 Å². The summed E-state index contributed by atoms with van der Waals surface area (Å²) in [5.74, 6) is 0.326. The number of nitrogens with one attached hydrogen (secondary N) is 1. The van der Waals surface area contributed by atoms with E-state index in [1.165, 1.54) is 18.6 Å². The molecule has 1 aliphatic heterocycles. The van der Waals surface area contributed by atoms with Gasteiger partial charge in [0, 0.05) is 50.1 Å². The second kappa shape index (κ2) is 9.07. The van der Waals surface area contributed by atoms with Crippen molar-refractivity contribution in [3.8, 4) is 11.3 Å². The summed E-state index contributed by atoms with van der Waals surface area (Å²) in [4.78, 5) is 35.9. The molecule has 0 saturated carbocycles. The first-order valence-electron chi connectivity index (χ1n) is 10.5. The normalized spacial score (nSPS) is 18.5. The van der Waals surface area contributed by atoms with E-state index in [1.807, 2.05) is 43.3 Å². The lowest BCUT2D eigenvalue weighted by atomic mass is 9.75. The highest BCUT2D eigenvalue weighted by atomic mass is 16.5. The zero-order valence-corrected chi connectivity index (χ0v) is 17.5. The number of hydrogen-bond donors (Lipinski definition) is 1. The van der Waals surface area contributed by atoms with Crippen LogP contribution in [0, 0.1) is 5.41 Å². The molecular weight excluding hydrogens is 394 g/mol. The Morgan fingerprint density at radius 3 is 2.81 bits per heavy atom. The Labute approximate surface area is 180 Å². The number of piperidine rings is 1. The number of nitrogens with zero attached hydrogens (tertiary/aromatic N) is 4. The molecule has 3 heterocycles. The highest BCUT2D eigenvalue weighted by Crippen LogP contribution is 2.35. The average molecular weight is 419 g/mol. The van der Waals surface area contributed by atoms with Crippen molar-refractivity contribution >= 4 is 11.8 Å². The third-order valence-corrected chi connectivity index (χ3v) is 5.61. The Kier molecular flexibility index (Phi) is 6.06. The van der Waals surface area contributed by atoms with E-state index in [9.17, 15) is 9.59 Å². The summed E-state index contributed by atoms with van der Waals surface area (Å²) >= 11 is 0. The highest BCUT2D eigenvalue weighted by Gasteiger charge is 2.44. The van der Waals surface area contributed by atoms with Crippen LogP contribution < -0.4 is 5.32 Å². The Morgan fingerprint density at radius 1 is 1.23 bits per heavy atom. The Hall–Kier alpha value is -3.55. The zero-order valence-electron chi connectivity index (χ0n) is 17.5. The second-order valence-corrected chi connectivity index (χ2v) is 7.78. The van der Waals surface area contributed by atoms with E-state index in [0.717, 1.165) is 11.3 Å². The molecule has 1 aliphatic rings. The first kappa shape index (κ1) is 20.7. The number of aromatic nitrogens is 3. The number of benzene rings is 1. The molecule has 0 bridgehead atoms. The highest BCUT2D eigenvalue weighted by molar-refractivity contribution is 5.93. The maximum atomic E-state index is 13.2. The molecule has 0 radical (unpaired) electrons. The van der Waals surface area contributed by atoms with Gasteiger partial charge in [0.2, 0.25) is 5.91 Å². The molecule has 8 heteroatoms. The summed E-state index contributed by atoms with van der Waals surface area (Å²) in [7, 11) is 0. The molecule has 31 heavy (non-hydrogen) atoms. The number of amides is 2. The van der Waals surface area contributed by atoms with Crippen molar-refractivity contribution in [3.05, 3.63) is 66.4 Å². The monoisotopic (exact) mass is 419 g/mol. The summed E-state index contributed by atoms with van der Waals surface area (Å²) < 4.78 is 5.60. The number of rotatable bonds is 6. The third kappa shape index (κ3) is 4.47. The van der Waals surface area contributed by atoms with E-state index in [-0.39, 0.29) is 24.1 Å². The standard InChI is InChI=1S/C23H25N5O3/c1-2-25-22(30)23(14-18-13-19(27-31-18)17-7-4-3-5-8-17)9-6-12-28(16-23)21(29)20-15-24-10-11-26-20/h3-5,7-8,10-11,13,15H,2,6,9,12,14,16H2,1H3,(H,25,30). The van der Waals surface area contributed by atoms with E-state index in [0.29, 0.717) is 38.1 Å². The van der Waals surface area contributed by atoms with E-state index in [1.54, 1.807) is 4.90 Å². The van der Waals surface area contributed by atoms with Crippen molar-refractivity contribution in [1.29, 1.82) is 0 Å². The van der Waals surface area contributed by atoms with Crippen molar-refractivity contribution < 1.29 is 14.1 Å². The maximum Gasteiger partial charge on any atom is 0.274 e. The van der Waals surface area contributed by atoms with Crippen molar-refractivity contribution in [2.24, 2.45) is 5.41 Å². The van der Waals surface area contributed by atoms with Crippen LogP contribution in [0.1, 0.15) is 36.0 Å². The Balaban J connectivity index is 1.59. The minimum absolute atomic E-state index is 0.0793. The van der Waals surface area contributed by atoms with Crippen molar-refractivity contribution in [2.75, 3.05) is 19.6 Å². The molecule has 1 fully saturated rings. The smallest absolute Gasteiger partial charge is 0.274 e. The molecule has 2 amide bonds. The molecule has 0 spiro atoms. The van der Waals surface area contributed by atoms with Crippen LogP contribution in [-0.2, 0) is 11.2 Å². The van der Waals surface area contributed by atoms with Crippen molar-refractivity contribution in [3.63, 3.8) is 0 Å². The Bertz CT molecular complexity index is 1040. The van der Waals surface area contributed by atoms with Crippen LogP contribution in [0.4, 0.5) is 0 Å². The van der Waals surface area contributed by atoms with Gasteiger partial charge in [0.05, 0.1) is 11.6 Å². The van der Waals surface area contributed by atoms with Gasteiger partial charge in [-0.1, -0.05) is 35.5 Å². The predicted molar refractivity (Wildman–Crippen MR) is 114 cm³/mol. The van der Waals surface area contributed by atoms with E-state index >= 15 is 0 Å². The fourth-order valence-electron chi connectivity index (χ4n) is 4.11. The van der Waals surface area contributed by atoms with Crippen LogP contribution in [0.25, 0.3) is 11.3 Å². The molecule has 1 atom stereocenters. The van der Waals surface area contributed by atoms with Gasteiger partial charge < -0.3 is 14.7 Å². The molecule has 4 rings (SSSR count). The summed E-state index contributed by atoms with van der Waals surface area (Å²) in [6.45, 7) is 3.26. The lowest BCUT2D eigenvalue weighted by Gasteiger charge is -2.41. The molecule has 1 N–H and O–H groups in total. The largest absolute Gasteiger partial charge is 0.361 e. The lowest BCUT2D eigenvalue weighted by Crippen LogP contribution is -2.54. The molecule has 3 aromatic rings. The molecule has 160 valence electrons. The molecule has 1 unspecified atom stereocenters. The maximum absolute atomic E-state index is 13.2. The van der Waals surface area contributed by atoms with Gasteiger partial charge >= 0.3 is 0 Å². The fourth-order valence-corrected chi connectivity index (χ4v) is 4.11. The first-order valence-corrected chi connectivity index (χ1v) is 10.5. The van der Waals surface area contributed by atoms with E-state index in [2.05, 4.69) is 20.4 Å². The van der Waals surface area contributed by atoms with Gasteiger partial charge in [0.15, 0.2) is 0 Å². The van der Waals surface area contributed by atoms with E-state index < -0.39 is 5.41 Å². The molecule has 2 aromatic heterocycles. The van der Waals surface area contributed by atoms with Crippen LogP contribution >= 0.6 is 0 Å². The minimum atomic E-state index is -0.792. The summed E-state index contributed by atoms with van der Waals surface area (Å²) in [6, 6.07) is 11.6. The van der Waals surface area contributed by atoms with Crippen molar-refractivity contribution in [2.45, 2.75) is 26.2 Å². The van der Waals surface area contributed by atoms with Gasteiger partial charge in [-0.3, -0.25) is 14.6 Å².